The van der Waals surface area contributed by atoms with Gasteiger partial charge in [0, 0.05) is 31.3 Å². The minimum absolute atomic E-state index is 0.314. The minimum Gasteiger partial charge on any atom is -0.316 e. The first-order valence-corrected chi connectivity index (χ1v) is 7.53. The number of nitrogens with one attached hydrogen (secondary N) is 1. The summed E-state index contributed by atoms with van der Waals surface area (Å²) in [5.41, 5.74) is 3.10. The molecule has 0 amide bonds. The second-order valence-electron chi connectivity index (χ2n) is 4.72. The molecular weight excluding hydrogens is 280 g/mol. The molecule has 2 heterocycles. The number of aromatic nitrogens is 3. The average molecular weight is 299 g/mol. The van der Waals surface area contributed by atoms with E-state index in [1.54, 1.807) is 11.3 Å². The first-order chi connectivity index (χ1) is 9.01. The van der Waals surface area contributed by atoms with Crippen molar-refractivity contribution in [2.75, 3.05) is 7.05 Å². The molecule has 2 aromatic heterocycles. The lowest BCUT2D eigenvalue weighted by Crippen LogP contribution is -2.31. The largest absolute Gasteiger partial charge is 0.316 e. The van der Waals surface area contributed by atoms with Gasteiger partial charge in [-0.25, -0.2) is 4.98 Å². The van der Waals surface area contributed by atoms with E-state index in [4.69, 9.17) is 11.6 Å². The fraction of sp³-hybridized carbons (Fsp3) is 0.538. The fourth-order valence-corrected chi connectivity index (χ4v) is 3.03. The van der Waals surface area contributed by atoms with E-state index in [1.807, 2.05) is 32.6 Å². The van der Waals surface area contributed by atoms with E-state index < -0.39 is 0 Å². The lowest BCUT2D eigenvalue weighted by atomic mass is 10.1. The molecule has 19 heavy (non-hydrogen) atoms. The second kappa shape index (κ2) is 6.03. The van der Waals surface area contributed by atoms with E-state index in [1.165, 1.54) is 0 Å². The quantitative estimate of drug-likeness (QED) is 0.922. The van der Waals surface area contributed by atoms with Crippen molar-refractivity contribution in [2.24, 2.45) is 7.05 Å². The van der Waals surface area contributed by atoms with Gasteiger partial charge in [-0.05, 0) is 20.9 Å². The van der Waals surface area contributed by atoms with Crippen molar-refractivity contribution in [1.82, 2.24) is 20.1 Å². The molecule has 0 bridgehead atoms. The second-order valence-corrected chi connectivity index (χ2v) is 6.16. The molecule has 0 aliphatic rings. The highest BCUT2D eigenvalue weighted by Crippen LogP contribution is 2.21. The SMILES string of the molecule is CNC(Cc1csc(C)n1)Cc1c(Cl)c(C)nn1C. The fourth-order valence-electron chi connectivity index (χ4n) is 2.17. The van der Waals surface area contributed by atoms with Crippen LogP contribution in [0, 0.1) is 13.8 Å². The summed E-state index contributed by atoms with van der Waals surface area (Å²) in [5, 5.41) is 11.7. The molecule has 0 spiro atoms. The maximum absolute atomic E-state index is 6.30. The summed E-state index contributed by atoms with van der Waals surface area (Å²) in [4.78, 5) is 4.51. The number of thiazole rings is 1. The van der Waals surface area contributed by atoms with Gasteiger partial charge in [-0.15, -0.1) is 11.3 Å². The van der Waals surface area contributed by atoms with E-state index in [-0.39, 0.29) is 0 Å². The average Bonchev–Trinajstić information content (AvgIpc) is 2.87. The molecule has 104 valence electrons. The highest BCUT2D eigenvalue weighted by atomic mass is 35.5. The lowest BCUT2D eigenvalue weighted by Gasteiger charge is -2.15. The van der Waals surface area contributed by atoms with Gasteiger partial charge < -0.3 is 5.32 Å². The highest BCUT2D eigenvalue weighted by molar-refractivity contribution is 7.09. The maximum atomic E-state index is 6.30. The molecule has 6 heteroatoms. The number of likely N-dealkylation sites (N-methyl/N-ethyl adjacent to an activating group) is 1. The standard InChI is InChI=1S/C13H19ClN4S/c1-8-13(14)12(18(4)17-8)6-10(15-3)5-11-7-19-9(2)16-11/h7,10,15H,5-6H2,1-4H3. The molecule has 1 unspecified atom stereocenters. The number of nitrogens with zero attached hydrogens (tertiary/aromatic N) is 3. The Labute approximate surface area is 122 Å². The molecule has 0 aromatic carbocycles. The zero-order valence-corrected chi connectivity index (χ0v) is 13.3. The van der Waals surface area contributed by atoms with Gasteiger partial charge in [0.05, 0.1) is 27.1 Å². The van der Waals surface area contributed by atoms with Gasteiger partial charge in [0.2, 0.25) is 0 Å². The summed E-state index contributed by atoms with van der Waals surface area (Å²) in [6, 6.07) is 0.314. The third-order valence-electron chi connectivity index (χ3n) is 3.23. The molecule has 1 atom stereocenters. The molecule has 0 fully saturated rings. The van der Waals surface area contributed by atoms with Crippen LogP contribution < -0.4 is 5.32 Å². The van der Waals surface area contributed by atoms with Crippen molar-refractivity contribution in [3.8, 4) is 0 Å². The van der Waals surface area contributed by atoms with Crippen LogP contribution in [0.3, 0.4) is 0 Å². The number of hydrogen-bond donors (Lipinski definition) is 1. The number of hydrogen-bond acceptors (Lipinski definition) is 4. The maximum Gasteiger partial charge on any atom is 0.0897 e. The molecule has 4 nitrogen and oxygen atoms in total. The smallest absolute Gasteiger partial charge is 0.0897 e. The molecule has 0 aliphatic carbocycles. The summed E-state index contributed by atoms with van der Waals surface area (Å²) in [6.07, 6.45) is 1.75. The van der Waals surface area contributed by atoms with Gasteiger partial charge in [0.1, 0.15) is 0 Å². The van der Waals surface area contributed by atoms with Crippen LogP contribution in [-0.2, 0) is 19.9 Å². The van der Waals surface area contributed by atoms with E-state index in [2.05, 4.69) is 20.8 Å². The summed E-state index contributed by atoms with van der Waals surface area (Å²) < 4.78 is 1.87. The number of aryl methyl sites for hydroxylation is 3. The van der Waals surface area contributed by atoms with Crippen LogP contribution in [0.15, 0.2) is 5.38 Å². The molecule has 0 radical (unpaired) electrons. The first-order valence-electron chi connectivity index (χ1n) is 6.27. The normalized spacial score (nSPS) is 12.9. The predicted molar refractivity (Wildman–Crippen MR) is 80.1 cm³/mol. The van der Waals surface area contributed by atoms with Crippen molar-refractivity contribution in [3.05, 3.63) is 32.5 Å². The van der Waals surface area contributed by atoms with E-state index in [0.717, 1.165) is 40.0 Å². The highest BCUT2D eigenvalue weighted by Gasteiger charge is 2.17. The van der Waals surface area contributed by atoms with Gasteiger partial charge in [-0.3, -0.25) is 4.68 Å². The molecular formula is C13H19ClN4S. The zero-order valence-electron chi connectivity index (χ0n) is 11.7. The van der Waals surface area contributed by atoms with E-state index >= 15 is 0 Å². The minimum atomic E-state index is 0.314. The molecule has 0 saturated heterocycles. The monoisotopic (exact) mass is 298 g/mol. The third-order valence-corrected chi connectivity index (χ3v) is 4.55. The van der Waals surface area contributed by atoms with Crippen molar-refractivity contribution < 1.29 is 0 Å². The zero-order chi connectivity index (χ0) is 14.0. The Bertz CT molecular complexity index is 561. The first kappa shape index (κ1) is 14.5. The Morgan fingerprint density at radius 1 is 1.42 bits per heavy atom. The molecule has 0 saturated carbocycles. The molecule has 1 N–H and O–H groups in total. The number of halogens is 1. The topological polar surface area (TPSA) is 42.7 Å². The Kier molecular flexibility index (Phi) is 4.60. The summed E-state index contributed by atoms with van der Waals surface area (Å²) in [7, 11) is 3.91. The van der Waals surface area contributed by atoms with Crippen LogP contribution in [-0.4, -0.2) is 27.9 Å². The van der Waals surface area contributed by atoms with Crippen molar-refractivity contribution in [2.45, 2.75) is 32.7 Å². The third kappa shape index (κ3) is 3.35. The molecule has 0 aliphatic heterocycles. The van der Waals surface area contributed by atoms with Gasteiger partial charge in [0.15, 0.2) is 0 Å². The van der Waals surface area contributed by atoms with Gasteiger partial charge in [0.25, 0.3) is 0 Å². The van der Waals surface area contributed by atoms with Crippen LogP contribution >= 0.6 is 22.9 Å². The number of rotatable bonds is 5. The van der Waals surface area contributed by atoms with Crippen LogP contribution in [0.2, 0.25) is 5.02 Å². The van der Waals surface area contributed by atoms with E-state index in [9.17, 15) is 0 Å². The van der Waals surface area contributed by atoms with Crippen LogP contribution in [0.5, 0.6) is 0 Å². The van der Waals surface area contributed by atoms with Crippen molar-refractivity contribution in [1.29, 1.82) is 0 Å². The summed E-state index contributed by atoms with van der Waals surface area (Å²) in [6.45, 7) is 3.97. The van der Waals surface area contributed by atoms with Gasteiger partial charge in [-0.1, -0.05) is 11.6 Å². The summed E-state index contributed by atoms with van der Waals surface area (Å²) >= 11 is 7.99. The Balaban J connectivity index is 2.10. The van der Waals surface area contributed by atoms with Crippen molar-refractivity contribution in [3.63, 3.8) is 0 Å². The van der Waals surface area contributed by atoms with Crippen LogP contribution in [0.1, 0.15) is 22.1 Å². The molecule has 2 rings (SSSR count). The van der Waals surface area contributed by atoms with Gasteiger partial charge in [-0.2, -0.15) is 5.10 Å². The predicted octanol–water partition coefficient (Wildman–Crippen LogP) is 2.52. The Hall–Kier alpha value is -0.910. The Morgan fingerprint density at radius 2 is 2.16 bits per heavy atom. The Morgan fingerprint density at radius 3 is 2.63 bits per heavy atom. The van der Waals surface area contributed by atoms with Crippen LogP contribution in [0.25, 0.3) is 0 Å². The van der Waals surface area contributed by atoms with Gasteiger partial charge >= 0.3 is 0 Å². The molecule has 2 aromatic rings. The summed E-state index contributed by atoms with van der Waals surface area (Å²) in [5.74, 6) is 0. The van der Waals surface area contributed by atoms with E-state index in [0.29, 0.717) is 6.04 Å². The van der Waals surface area contributed by atoms with Crippen LogP contribution in [0.4, 0.5) is 0 Å². The van der Waals surface area contributed by atoms with Crippen molar-refractivity contribution >= 4 is 22.9 Å². The lowest BCUT2D eigenvalue weighted by molar-refractivity contribution is 0.529.